The van der Waals surface area contributed by atoms with Gasteiger partial charge in [0.25, 0.3) is 0 Å². The van der Waals surface area contributed by atoms with E-state index in [-0.39, 0.29) is 16.3 Å². The Labute approximate surface area is 114 Å². The molecule has 0 saturated heterocycles. The van der Waals surface area contributed by atoms with Crippen molar-refractivity contribution in [2.45, 2.75) is 20.0 Å². The van der Waals surface area contributed by atoms with Gasteiger partial charge in [0.05, 0.1) is 11.3 Å². The van der Waals surface area contributed by atoms with Crippen LogP contribution in [0.5, 0.6) is 0 Å². The minimum atomic E-state index is -1.49. The first kappa shape index (κ1) is 14.0. The van der Waals surface area contributed by atoms with Crippen LogP contribution in [0.4, 0.5) is 8.78 Å². The minimum absolute atomic E-state index is 0.158. The average molecular weight is 287 g/mol. The summed E-state index contributed by atoms with van der Waals surface area (Å²) < 4.78 is 29.1. The highest BCUT2D eigenvalue weighted by molar-refractivity contribution is 6.30. The molecule has 1 N–H and O–H groups in total. The Hall–Kier alpha value is -1.46. The summed E-state index contributed by atoms with van der Waals surface area (Å²) in [5.41, 5.74) is 0.499. The zero-order valence-electron chi connectivity index (χ0n) is 10.7. The van der Waals surface area contributed by atoms with E-state index < -0.39 is 23.3 Å². The Bertz CT molecular complexity index is 640. The Morgan fingerprint density at radius 2 is 1.89 bits per heavy atom. The monoisotopic (exact) mass is 286 g/mol. The van der Waals surface area contributed by atoms with Gasteiger partial charge in [-0.15, -0.1) is 0 Å². The highest BCUT2D eigenvalue weighted by Crippen LogP contribution is 2.33. The van der Waals surface area contributed by atoms with Crippen LogP contribution in [0.1, 0.15) is 28.5 Å². The Morgan fingerprint density at radius 1 is 1.26 bits per heavy atom. The van der Waals surface area contributed by atoms with E-state index in [0.717, 1.165) is 6.07 Å². The van der Waals surface area contributed by atoms with Gasteiger partial charge in [0.2, 0.25) is 0 Å². The number of aryl methyl sites for hydroxylation is 3. The van der Waals surface area contributed by atoms with Crippen molar-refractivity contribution in [1.82, 2.24) is 9.78 Å². The molecule has 0 aliphatic heterocycles. The second-order valence-electron chi connectivity index (χ2n) is 4.41. The maximum absolute atomic E-state index is 14.0. The van der Waals surface area contributed by atoms with Crippen molar-refractivity contribution >= 4 is 11.6 Å². The number of nitrogens with zero attached hydrogens (tertiary/aromatic N) is 2. The molecular formula is C13H13ClF2N2O. The van der Waals surface area contributed by atoms with Crippen LogP contribution in [0.25, 0.3) is 0 Å². The molecule has 102 valence electrons. The number of halogens is 3. The van der Waals surface area contributed by atoms with Gasteiger partial charge in [0, 0.05) is 12.6 Å². The van der Waals surface area contributed by atoms with Crippen LogP contribution in [-0.2, 0) is 7.05 Å². The number of benzene rings is 1. The third-order valence-corrected chi connectivity index (χ3v) is 3.51. The number of hydrogen-bond donors (Lipinski definition) is 1. The van der Waals surface area contributed by atoms with Gasteiger partial charge in [0.15, 0.2) is 0 Å². The first-order valence-corrected chi connectivity index (χ1v) is 6.04. The number of hydrogen-bond acceptors (Lipinski definition) is 2. The van der Waals surface area contributed by atoms with Gasteiger partial charge >= 0.3 is 0 Å². The van der Waals surface area contributed by atoms with Gasteiger partial charge in [-0.2, -0.15) is 5.10 Å². The molecule has 0 spiro atoms. The summed E-state index contributed by atoms with van der Waals surface area (Å²) >= 11 is 6.00. The molecule has 1 aromatic heterocycles. The molecule has 1 aromatic carbocycles. The smallest absolute Gasteiger partial charge is 0.135 e. The fourth-order valence-corrected chi connectivity index (χ4v) is 2.31. The lowest BCUT2D eigenvalue weighted by atomic mass is 9.99. The van der Waals surface area contributed by atoms with Crippen LogP contribution in [0.2, 0.25) is 5.15 Å². The quantitative estimate of drug-likeness (QED) is 0.921. The van der Waals surface area contributed by atoms with E-state index in [9.17, 15) is 13.9 Å². The molecule has 0 aliphatic carbocycles. The SMILES string of the molecule is Cc1ccc(F)c(C(O)c2c(C)nn(C)c2Cl)c1F. The fourth-order valence-electron chi connectivity index (χ4n) is 2.03. The molecule has 2 rings (SSSR count). The molecule has 19 heavy (non-hydrogen) atoms. The first-order valence-electron chi connectivity index (χ1n) is 5.66. The Morgan fingerprint density at radius 3 is 2.42 bits per heavy atom. The first-order chi connectivity index (χ1) is 8.84. The standard InChI is InChI=1S/C13H13ClF2N2O/c1-6-4-5-8(15)10(11(6)16)12(19)9-7(2)17-18(3)13(9)14/h4-5,12,19H,1-3H3. The number of aliphatic hydroxyl groups is 1. The van der Waals surface area contributed by atoms with Crippen molar-refractivity contribution in [3.63, 3.8) is 0 Å². The minimum Gasteiger partial charge on any atom is -0.383 e. The number of aromatic nitrogens is 2. The van der Waals surface area contributed by atoms with Gasteiger partial charge in [0.1, 0.15) is 22.9 Å². The van der Waals surface area contributed by atoms with Crippen LogP contribution >= 0.6 is 11.6 Å². The maximum Gasteiger partial charge on any atom is 0.135 e. The van der Waals surface area contributed by atoms with Crippen molar-refractivity contribution in [1.29, 1.82) is 0 Å². The van der Waals surface area contributed by atoms with Crippen LogP contribution in [0.3, 0.4) is 0 Å². The lowest BCUT2D eigenvalue weighted by molar-refractivity contribution is 0.208. The molecule has 3 nitrogen and oxygen atoms in total. The lowest BCUT2D eigenvalue weighted by Crippen LogP contribution is -2.08. The lowest BCUT2D eigenvalue weighted by Gasteiger charge is -2.14. The van der Waals surface area contributed by atoms with Gasteiger partial charge in [-0.25, -0.2) is 8.78 Å². The summed E-state index contributed by atoms with van der Waals surface area (Å²) in [5, 5.41) is 14.4. The summed E-state index contributed by atoms with van der Waals surface area (Å²) in [5.74, 6) is -1.58. The van der Waals surface area contributed by atoms with Gasteiger partial charge < -0.3 is 5.11 Å². The fraction of sp³-hybridized carbons (Fsp3) is 0.308. The largest absolute Gasteiger partial charge is 0.383 e. The molecule has 6 heteroatoms. The topological polar surface area (TPSA) is 38.1 Å². The third-order valence-electron chi connectivity index (χ3n) is 3.06. The summed E-state index contributed by atoms with van der Waals surface area (Å²) in [4.78, 5) is 0. The zero-order chi connectivity index (χ0) is 14.3. The molecule has 0 amide bonds. The summed E-state index contributed by atoms with van der Waals surface area (Å²) in [6.07, 6.45) is -1.49. The normalized spacial score (nSPS) is 12.8. The number of rotatable bonds is 2. The molecule has 1 heterocycles. The second kappa shape index (κ2) is 4.90. The molecule has 0 radical (unpaired) electrons. The molecule has 0 bridgehead atoms. The average Bonchev–Trinajstić information content (AvgIpc) is 2.58. The van der Waals surface area contributed by atoms with E-state index in [1.807, 2.05) is 0 Å². The second-order valence-corrected chi connectivity index (χ2v) is 4.77. The van der Waals surface area contributed by atoms with E-state index in [4.69, 9.17) is 11.6 Å². The zero-order valence-corrected chi connectivity index (χ0v) is 11.5. The maximum atomic E-state index is 14.0. The van der Waals surface area contributed by atoms with Crippen molar-refractivity contribution in [3.05, 3.63) is 51.3 Å². The summed E-state index contributed by atoms with van der Waals surface area (Å²) in [6, 6.07) is 2.44. The van der Waals surface area contributed by atoms with Crippen molar-refractivity contribution in [2.24, 2.45) is 7.05 Å². The highest BCUT2D eigenvalue weighted by Gasteiger charge is 2.26. The Kier molecular flexibility index (Phi) is 3.60. The van der Waals surface area contributed by atoms with Crippen LogP contribution in [-0.4, -0.2) is 14.9 Å². The molecule has 0 fully saturated rings. The Balaban J connectivity index is 2.62. The van der Waals surface area contributed by atoms with Gasteiger partial charge in [-0.3, -0.25) is 4.68 Å². The van der Waals surface area contributed by atoms with Gasteiger partial charge in [-0.05, 0) is 25.5 Å². The van der Waals surface area contributed by atoms with E-state index in [0.29, 0.717) is 5.69 Å². The van der Waals surface area contributed by atoms with Gasteiger partial charge in [-0.1, -0.05) is 17.7 Å². The van der Waals surface area contributed by atoms with E-state index in [1.54, 1.807) is 14.0 Å². The molecule has 2 aromatic rings. The molecular weight excluding hydrogens is 274 g/mol. The van der Waals surface area contributed by atoms with Crippen molar-refractivity contribution in [3.8, 4) is 0 Å². The predicted octanol–water partition coefficient (Wildman–Crippen LogP) is 3.05. The highest BCUT2D eigenvalue weighted by atomic mass is 35.5. The van der Waals surface area contributed by atoms with E-state index in [1.165, 1.54) is 17.7 Å². The van der Waals surface area contributed by atoms with Crippen molar-refractivity contribution < 1.29 is 13.9 Å². The van der Waals surface area contributed by atoms with Crippen LogP contribution in [0.15, 0.2) is 12.1 Å². The van der Waals surface area contributed by atoms with E-state index >= 15 is 0 Å². The predicted molar refractivity (Wildman–Crippen MR) is 68.1 cm³/mol. The third kappa shape index (κ3) is 2.24. The van der Waals surface area contributed by atoms with Crippen LogP contribution < -0.4 is 0 Å². The van der Waals surface area contributed by atoms with Crippen LogP contribution in [0, 0.1) is 25.5 Å². The number of aliphatic hydroxyl groups excluding tert-OH is 1. The molecule has 1 unspecified atom stereocenters. The molecule has 1 atom stereocenters. The molecule has 0 aliphatic rings. The summed E-state index contributed by atoms with van der Waals surface area (Å²) in [6.45, 7) is 3.12. The molecule has 0 saturated carbocycles. The summed E-state index contributed by atoms with van der Waals surface area (Å²) in [7, 11) is 1.59. The van der Waals surface area contributed by atoms with E-state index in [2.05, 4.69) is 5.10 Å². The van der Waals surface area contributed by atoms with Crippen molar-refractivity contribution in [2.75, 3.05) is 0 Å².